The van der Waals surface area contributed by atoms with Crippen LogP contribution in [0.5, 0.6) is 0 Å². The van der Waals surface area contributed by atoms with Gasteiger partial charge in [0.2, 0.25) is 0 Å². The average molecular weight is 148 g/mol. The second kappa shape index (κ2) is 2.31. The zero-order chi connectivity index (χ0) is 7.84. The molecule has 0 spiro atoms. The van der Waals surface area contributed by atoms with Crippen molar-refractivity contribution in [2.24, 2.45) is 5.73 Å². The Morgan fingerprint density at radius 1 is 1.64 bits per heavy atom. The molecule has 0 fully saturated rings. The molecule has 2 nitrogen and oxygen atoms in total. The molecular formula is C9H12N2. The van der Waals surface area contributed by atoms with Gasteiger partial charge in [0.15, 0.2) is 0 Å². The number of rotatable bonds is 0. The van der Waals surface area contributed by atoms with Crippen LogP contribution in [0.1, 0.15) is 29.3 Å². The van der Waals surface area contributed by atoms with Crippen LogP contribution in [-0.4, -0.2) is 4.98 Å². The number of nitrogens with two attached hydrogens (primary N) is 1. The van der Waals surface area contributed by atoms with E-state index < -0.39 is 0 Å². The van der Waals surface area contributed by atoms with E-state index >= 15 is 0 Å². The first-order valence-corrected chi connectivity index (χ1v) is 3.99. The van der Waals surface area contributed by atoms with Gasteiger partial charge < -0.3 is 5.73 Å². The number of hydrogen-bond donors (Lipinski definition) is 1. The Bertz CT molecular complexity index is 281. The summed E-state index contributed by atoms with van der Waals surface area (Å²) in [6.45, 7) is 2.10. The predicted molar refractivity (Wildman–Crippen MR) is 44.2 cm³/mol. The Kier molecular flexibility index (Phi) is 1.43. The van der Waals surface area contributed by atoms with Crippen molar-refractivity contribution in [1.82, 2.24) is 4.98 Å². The highest BCUT2D eigenvalue weighted by Gasteiger charge is 2.21. The maximum atomic E-state index is 5.91. The minimum Gasteiger partial charge on any atom is -0.324 e. The summed E-state index contributed by atoms with van der Waals surface area (Å²) >= 11 is 0. The molecule has 2 rings (SSSR count). The molecule has 0 radical (unpaired) electrons. The molecule has 0 amide bonds. The van der Waals surface area contributed by atoms with E-state index in [1.165, 1.54) is 16.8 Å². The second-order valence-electron chi connectivity index (χ2n) is 3.13. The third kappa shape index (κ3) is 0.942. The summed E-state index contributed by atoms with van der Waals surface area (Å²) in [6.07, 6.45) is 3.98. The van der Waals surface area contributed by atoms with E-state index in [2.05, 4.69) is 11.9 Å². The van der Waals surface area contributed by atoms with E-state index in [9.17, 15) is 0 Å². The number of aryl methyl sites for hydroxylation is 2. The number of fused-ring (bicyclic) bond motifs is 1. The molecule has 1 heterocycles. The summed E-state index contributed by atoms with van der Waals surface area (Å²) in [7, 11) is 0. The molecule has 1 atom stereocenters. The van der Waals surface area contributed by atoms with Crippen molar-refractivity contribution >= 4 is 0 Å². The van der Waals surface area contributed by atoms with Crippen molar-refractivity contribution in [3.8, 4) is 0 Å². The van der Waals surface area contributed by atoms with Crippen molar-refractivity contribution < 1.29 is 0 Å². The molecule has 2 heteroatoms. The first kappa shape index (κ1) is 6.80. The zero-order valence-electron chi connectivity index (χ0n) is 6.67. The molecule has 1 aromatic rings. The van der Waals surface area contributed by atoms with Crippen molar-refractivity contribution in [2.45, 2.75) is 25.8 Å². The smallest absolute Gasteiger partial charge is 0.0454 e. The van der Waals surface area contributed by atoms with E-state index in [1.807, 2.05) is 12.3 Å². The quantitative estimate of drug-likeness (QED) is 0.603. The molecule has 0 saturated heterocycles. The van der Waals surface area contributed by atoms with Gasteiger partial charge in [-0.25, -0.2) is 0 Å². The van der Waals surface area contributed by atoms with Crippen LogP contribution in [0.3, 0.4) is 0 Å². The standard InChI is InChI=1S/C9H12N2/c1-6-4-5-11-8-3-2-7(10)9(6)8/h4-5,7H,2-3,10H2,1H3/t7-/m1/s1. The normalized spacial score (nSPS) is 21.8. The lowest BCUT2D eigenvalue weighted by Crippen LogP contribution is -2.07. The lowest BCUT2D eigenvalue weighted by molar-refractivity contribution is 0.710. The Labute approximate surface area is 66.4 Å². The summed E-state index contributed by atoms with van der Waals surface area (Å²) in [5.41, 5.74) is 9.69. The molecule has 0 saturated carbocycles. The van der Waals surface area contributed by atoms with Crippen LogP contribution in [0.15, 0.2) is 12.3 Å². The first-order valence-electron chi connectivity index (χ1n) is 3.99. The van der Waals surface area contributed by atoms with Gasteiger partial charge in [-0.05, 0) is 37.0 Å². The molecule has 1 aromatic heterocycles. The molecule has 1 aliphatic carbocycles. The second-order valence-corrected chi connectivity index (χ2v) is 3.13. The van der Waals surface area contributed by atoms with Gasteiger partial charge in [-0.3, -0.25) is 4.98 Å². The molecule has 11 heavy (non-hydrogen) atoms. The number of hydrogen-bond acceptors (Lipinski definition) is 2. The van der Waals surface area contributed by atoms with Gasteiger partial charge in [-0.1, -0.05) is 0 Å². The van der Waals surface area contributed by atoms with Crippen LogP contribution in [0.2, 0.25) is 0 Å². The highest BCUT2D eigenvalue weighted by atomic mass is 14.7. The minimum atomic E-state index is 0.235. The topological polar surface area (TPSA) is 38.9 Å². The highest BCUT2D eigenvalue weighted by molar-refractivity contribution is 5.35. The molecule has 58 valence electrons. The van der Waals surface area contributed by atoms with Crippen LogP contribution in [-0.2, 0) is 6.42 Å². The molecule has 0 aromatic carbocycles. The van der Waals surface area contributed by atoms with Crippen LogP contribution < -0.4 is 5.73 Å². The Morgan fingerprint density at radius 3 is 3.18 bits per heavy atom. The fraction of sp³-hybridized carbons (Fsp3) is 0.444. The zero-order valence-corrected chi connectivity index (χ0v) is 6.67. The summed E-state index contributed by atoms with van der Waals surface area (Å²) in [4.78, 5) is 4.29. The Morgan fingerprint density at radius 2 is 2.45 bits per heavy atom. The molecule has 0 aliphatic heterocycles. The lowest BCUT2D eigenvalue weighted by atomic mass is 10.1. The third-order valence-electron chi connectivity index (χ3n) is 2.35. The van der Waals surface area contributed by atoms with Gasteiger partial charge in [0.1, 0.15) is 0 Å². The number of pyridine rings is 1. The SMILES string of the molecule is Cc1ccnc2c1[C@H](N)CC2. The van der Waals surface area contributed by atoms with Crippen LogP contribution in [0.4, 0.5) is 0 Å². The Hall–Kier alpha value is -0.890. The van der Waals surface area contributed by atoms with E-state index in [4.69, 9.17) is 5.73 Å². The van der Waals surface area contributed by atoms with Crippen LogP contribution in [0.25, 0.3) is 0 Å². The van der Waals surface area contributed by atoms with Gasteiger partial charge in [0.25, 0.3) is 0 Å². The van der Waals surface area contributed by atoms with Gasteiger partial charge in [0.05, 0.1) is 0 Å². The van der Waals surface area contributed by atoms with Crippen molar-refractivity contribution in [1.29, 1.82) is 0 Å². The van der Waals surface area contributed by atoms with Crippen LogP contribution in [0, 0.1) is 6.92 Å². The maximum absolute atomic E-state index is 5.91. The first-order chi connectivity index (χ1) is 5.29. The van der Waals surface area contributed by atoms with Crippen molar-refractivity contribution in [3.05, 3.63) is 29.1 Å². The van der Waals surface area contributed by atoms with Gasteiger partial charge >= 0.3 is 0 Å². The molecule has 0 bridgehead atoms. The van der Waals surface area contributed by atoms with Gasteiger partial charge in [-0.15, -0.1) is 0 Å². The third-order valence-corrected chi connectivity index (χ3v) is 2.35. The Balaban J connectivity index is 2.58. The van der Waals surface area contributed by atoms with Crippen LogP contribution >= 0.6 is 0 Å². The van der Waals surface area contributed by atoms with Crippen molar-refractivity contribution in [3.63, 3.8) is 0 Å². The maximum Gasteiger partial charge on any atom is 0.0454 e. The molecule has 2 N–H and O–H groups in total. The summed E-state index contributed by atoms with van der Waals surface area (Å²) in [6, 6.07) is 2.27. The fourth-order valence-corrected chi connectivity index (χ4v) is 1.77. The van der Waals surface area contributed by atoms with E-state index in [-0.39, 0.29) is 6.04 Å². The molecule has 1 aliphatic rings. The largest absolute Gasteiger partial charge is 0.324 e. The summed E-state index contributed by atoms with van der Waals surface area (Å²) in [5, 5.41) is 0. The van der Waals surface area contributed by atoms with Crippen molar-refractivity contribution in [2.75, 3.05) is 0 Å². The summed E-state index contributed by atoms with van der Waals surface area (Å²) in [5.74, 6) is 0. The number of nitrogens with zero attached hydrogens (tertiary/aromatic N) is 1. The predicted octanol–water partition coefficient (Wildman–Crippen LogP) is 1.34. The van der Waals surface area contributed by atoms with Gasteiger partial charge in [0, 0.05) is 17.9 Å². The minimum absolute atomic E-state index is 0.235. The van der Waals surface area contributed by atoms with E-state index in [0.29, 0.717) is 0 Å². The fourth-order valence-electron chi connectivity index (χ4n) is 1.77. The van der Waals surface area contributed by atoms with E-state index in [1.54, 1.807) is 0 Å². The lowest BCUT2D eigenvalue weighted by Gasteiger charge is -2.06. The summed E-state index contributed by atoms with van der Waals surface area (Å²) < 4.78 is 0. The molecular weight excluding hydrogens is 136 g/mol. The monoisotopic (exact) mass is 148 g/mol. The van der Waals surface area contributed by atoms with E-state index in [0.717, 1.165) is 12.8 Å². The molecule has 0 unspecified atom stereocenters. The average Bonchev–Trinajstić information content (AvgIpc) is 2.34. The highest BCUT2D eigenvalue weighted by Crippen LogP contribution is 2.29. The van der Waals surface area contributed by atoms with Gasteiger partial charge in [-0.2, -0.15) is 0 Å². The number of aromatic nitrogens is 1.